The molecular weight excluding hydrogens is 426 g/mol. The molecule has 0 spiro atoms. The van der Waals surface area contributed by atoms with E-state index in [0.29, 0.717) is 19.5 Å². The Balaban J connectivity index is 1.51. The normalized spacial score (nSPS) is 21.4. The first kappa shape index (κ1) is 25.0. The van der Waals surface area contributed by atoms with E-state index < -0.39 is 30.1 Å². The van der Waals surface area contributed by atoms with Gasteiger partial charge in [-0.25, -0.2) is 4.79 Å². The second-order valence-electron chi connectivity index (χ2n) is 8.87. The molecule has 0 aliphatic carbocycles. The van der Waals surface area contributed by atoms with Gasteiger partial charge >= 0.3 is 5.97 Å². The van der Waals surface area contributed by atoms with Gasteiger partial charge in [-0.1, -0.05) is 26.0 Å². The van der Waals surface area contributed by atoms with Gasteiger partial charge in [0.05, 0.1) is 13.7 Å². The Kier molecular flexibility index (Phi) is 8.68. The third kappa shape index (κ3) is 6.91. The highest BCUT2D eigenvalue weighted by atomic mass is 16.6. The summed E-state index contributed by atoms with van der Waals surface area (Å²) in [5.41, 5.74) is 1.20. The van der Waals surface area contributed by atoms with Crippen LogP contribution < -0.4 is 10.1 Å². The number of nitrogens with zero attached hydrogens (tertiary/aromatic N) is 2. The topological polar surface area (TPSA) is 101 Å². The van der Waals surface area contributed by atoms with Gasteiger partial charge in [0.2, 0.25) is 5.91 Å². The number of carbonyl (C=O) groups is 3. The van der Waals surface area contributed by atoms with E-state index in [9.17, 15) is 14.4 Å². The Labute approximate surface area is 195 Å². The number of rotatable bonds is 10. The molecule has 9 nitrogen and oxygen atoms in total. The zero-order chi connectivity index (χ0) is 24.0. The molecular formula is C24H35N3O6. The van der Waals surface area contributed by atoms with Gasteiger partial charge in [0.15, 0.2) is 12.2 Å². The van der Waals surface area contributed by atoms with E-state index in [1.54, 1.807) is 14.0 Å². The maximum Gasteiger partial charge on any atom is 0.338 e. The number of benzene rings is 1. The molecule has 1 aromatic carbocycles. The summed E-state index contributed by atoms with van der Waals surface area (Å²) in [6.45, 7) is 9.48. The van der Waals surface area contributed by atoms with Crippen molar-refractivity contribution in [3.63, 3.8) is 0 Å². The van der Waals surface area contributed by atoms with E-state index in [0.717, 1.165) is 25.4 Å². The summed E-state index contributed by atoms with van der Waals surface area (Å²) in [6, 6.07) is 7.36. The fourth-order valence-electron chi connectivity index (χ4n) is 4.00. The third-order valence-electron chi connectivity index (χ3n) is 5.84. The van der Waals surface area contributed by atoms with Gasteiger partial charge in [0, 0.05) is 32.7 Å². The number of piperazine rings is 1. The highest BCUT2D eigenvalue weighted by molar-refractivity contribution is 5.95. The van der Waals surface area contributed by atoms with Gasteiger partial charge in [-0.3, -0.25) is 14.5 Å². The molecule has 9 heteroatoms. The molecule has 2 aliphatic heterocycles. The molecule has 1 N–H and O–H groups in total. The summed E-state index contributed by atoms with van der Waals surface area (Å²) >= 11 is 0. The van der Waals surface area contributed by atoms with Crippen LogP contribution in [0.4, 0.5) is 0 Å². The lowest BCUT2D eigenvalue weighted by molar-refractivity contribution is -0.144. The van der Waals surface area contributed by atoms with Crippen molar-refractivity contribution in [2.24, 2.45) is 5.92 Å². The fraction of sp³-hybridized carbons (Fsp3) is 0.625. The van der Waals surface area contributed by atoms with Crippen molar-refractivity contribution in [2.75, 3.05) is 39.9 Å². The van der Waals surface area contributed by atoms with Crippen LogP contribution in [0.3, 0.4) is 0 Å². The van der Waals surface area contributed by atoms with Crippen LogP contribution in [-0.4, -0.2) is 85.7 Å². The van der Waals surface area contributed by atoms with Crippen molar-refractivity contribution >= 4 is 17.8 Å². The Morgan fingerprint density at radius 2 is 1.76 bits per heavy atom. The van der Waals surface area contributed by atoms with Crippen molar-refractivity contribution in [3.8, 4) is 5.75 Å². The van der Waals surface area contributed by atoms with Crippen molar-refractivity contribution in [2.45, 2.75) is 52.0 Å². The molecule has 0 radical (unpaired) electrons. The molecule has 0 saturated carbocycles. The SMILES string of the molecule is CCOC(=O)[C@@H]1O[C@H]1C(=O)N[C@@H](CC(C)C)C(=O)N1CCN(Cc2ccc(OC)cc2)CC1. The molecule has 1 aromatic rings. The number of methoxy groups -OCH3 is 1. The number of epoxide rings is 1. The maximum absolute atomic E-state index is 13.2. The van der Waals surface area contributed by atoms with Crippen LogP contribution in [0.5, 0.6) is 5.75 Å². The van der Waals surface area contributed by atoms with Crippen LogP contribution in [0.2, 0.25) is 0 Å². The molecule has 2 saturated heterocycles. The molecule has 0 unspecified atom stereocenters. The van der Waals surface area contributed by atoms with Gasteiger partial charge < -0.3 is 24.4 Å². The van der Waals surface area contributed by atoms with E-state index >= 15 is 0 Å². The average Bonchev–Trinajstić information content (AvgIpc) is 3.60. The van der Waals surface area contributed by atoms with Gasteiger partial charge in [0.25, 0.3) is 5.91 Å². The quantitative estimate of drug-likeness (QED) is 0.413. The van der Waals surface area contributed by atoms with Gasteiger partial charge in [-0.2, -0.15) is 0 Å². The predicted octanol–water partition coefficient (Wildman–Crippen LogP) is 1.20. The number of hydrogen-bond donors (Lipinski definition) is 1. The number of nitrogens with one attached hydrogen (secondary N) is 1. The highest BCUT2D eigenvalue weighted by Gasteiger charge is 2.52. The van der Waals surface area contributed by atoms with Crippen molar-refractivity contribution in [1.29, 1.82) is 0 Å². The smallest absolute Gasteiger partial charge is 0.338 e. The van der Waals surface area contributed by atoms with Crippen molar-refractivity contribution in [1.82, 2.24) is 15.1 Å². The maximum atomic E-state index is 13.2. The van der Waals surface area contributed by atoms with E-state index in [1.165, 1.54) is 5.56 Å². The minimum atomic E-state index is -0.882. The Morgan fingerprint density at radius 1 is 1.09 bits per heavy atom. The molecule has 3 rings (SSSR count). The lowest BCUT2D eigenvalue weighted by atomic mass is 10.0. The molecule has 3 atom stereocenters. The first-order valence-electron chi connectivity index (χ1n) is 11.6. The van der Waals surface area contributed by atoms with E-state index in [-0.39, 0.29) is 18.4 Å². The van der Waals surface area contributed by atoms with E-state index in [1.807, 2.05) is 43.0 Å². The standard InChI is InChI=1S/C24H35N3O6/c1-5-32-24(30)21-20(33-21)22(28)25-19(14-16(2)3)23(29)27-12-10-26(11-13-27)15-17-6-8-18(31-4)9-7-17/h6-9,16,19-21H,5,10-15H2,1-4H3,(H,25,28)/t19-,20+,21+/m0/s1. The zero-order valence-electron chi connectivity index (χ0n) is 19.9. The minimum absolute atomic E-state index is 0.0884. The Morgan fingerprint density at radius 3 is 2.33 bits per heavy atom. The van der Waals surface area contributed by atoms with E-state index in [4.69, 9.17) is 14.2 Å². The monoisotopic (exact) mass is 461 g/mol. The van der Waals surface area contributed by atoms with Crippen LogP contribution in [-0.2, 0) is 30.4 Å². The molecule has 33 heavy (non-hydrogen) atoms. The molecule has 2 fully saturated rings. The number of esters is 1. The van der Waals surface area contributed by atoms with Crippen LogP contribution in [0.25, 0.3) is 0 Å². The average molecular weight is 462 g/mol. The highest BCUT2D eigenvalue weighted by Crippen LogP contribution is 2.24. The van der Waals surface area contributed by atoms with Crippen LogP contribution in [0.1, 0.15) is 32.8 Å². The lowest BCUT2D eigenvalue weighted by Gasteiger charge is -2.36. The number of ether oxygens (including phenoxy) is 3. The molecule has 0 aromatic heterocycles. The van der Waals surface area contributed by atoms with Crippen LogP contribution >= 0.6 is 0 Å². The largest absolute Gasteiger partial charge is 0.497 e. The van der Waals surface area contributed by atoms with E-state index in [2.05, 4.69) is 10.2 Å². The number of carbonyl (C=O) groups excluding carboxylic acids is 3. The van der Waals surface area contributed by atoms with Crippen LogP contribution in [0.15, 0.2) is 24.3 Å². The zero-order valence-corrected chi connectivity index (χ0v) is 19.9. The molecule has 182 valence electrons. The minimum Gasteiger partial charge on any atom is -0.497 e. The summed E-state index contributed by atoms with van der Waals surface area (Å²) in [7, 11) is 1.65. The van der Waals surface area contributed by atoms with Crippen molar-refractivity contribution in [3.05, 3.63) is 29.8 Å². The first-order valence-corrected chi connectivity index (χ1v) is 11.6. The molecule has 2 amide bonds. The molecule has 2 aliphatic rings. The fourth-order valence-corrected chi connectivity index (χ4v) is 4.00. The summed E-state index contributed by atoms with van der Waals surface area (Å²) in [6.07, 6.45) is -1.23. The molecule has 0 bridgehead atoms. The number of amides is 2. The summed E-state index contributed by atoms with van der Waals surface area (Å²) in [5.74, 6) is -0.0220. The van der Waals surface area contributed by atoms with Crippen molar-refractivity contribution < 1.29 is 28.6 Å². The summed E-state index contributed by atoms with van der Waals surface area (Å²) < 4.78 is 15.3. The van der Waals surface area contributed by atoms with Crippen LogP contribution in [0, 0.1) is 5.92 Å². The number of hydrogen-bond acceptors (Lipinski definition) is 7. The van der Waals surface area contributed by atoms with Gasteiger partial charge in [0.1, 0.15) is 11.8 Å². The second kappa shape index (κ2) is 11.5. The third-order valence-corrected chi connectivity index (χ3v) is 5.84. The summed E-state index contributed by atoms with van der Waals surface area (Å²) in [5, 5.41) is 2.81. The Hall–Kier alpha value is -2.65. The van der Waals surface area contributed by atoms with Gasteiger partial charge in [-0.15, -0.1) is 0 Å². The first-order chi connectivity index (χ1) is 15.8. The second-order valence-corrected chi connectivity index (χ2v) is 8.87. The summed E-state index contributed by atoms with van der Waals surface area (Å²) in [4.78, 5) is 41.7. The predicted molar refractivity (Wildman–Crippen MR) is 122 cm³/mol. The molecule has 2 heterocycles. The lowest BCUT2D eigenvalue weighted by Crippen LogP contribution is -2.55. The Bertz CT molecular complexity index is 820. The van der Waals surface area contributed by atoms with Gasteiger partial charge in [-0.05, 0) is 37.0 Å².